The molecule has 4 nitrogen and oxygen atoms in total. The van der Waals surface area contributed by atoms with Gasteiger partial charge in [-0.1, -0.05) is 23.7 Å². The second-order valence-electron chi connectivity index (χ2n) is 5.76. The van der Waals surface area contributed by atoms with Gasteiger partial charge in [-0.25, -0.2) is 9.97 Å². The smallest absolute Gasteiger partial charge is 0.160 e. The highest BCUT2D eigenvalue weighted by atomic mass is 35.5. The van der Waals surface area contributed by atoms with Gasteiger partial charge in [-0.3, -0.25) is 0 Å². The SMILES string of the molecule is Clc1cccc(-c2nc3cccnc3n2CC2CCNC2)c1. The van der Waals surface area contributed by atoms with Gasteiger partial charge in [0.15, 0.2) is 5.65 Å². The Balaban J connectivity index is 1.85. The van der Waals surface area contributed by atoms with Crippen LogP contribution >= 0.6 is 11.6 Å². The maximum atomic E-state index is 6.15. The molecule has 1 aliphatic rings. The first-order valence-corrected chi connectivity index (χ1v) is 7.97. The number of nitrogens with one attached hydrogen (secondary N) is 1. The predicted molar refractivity (Wildman–Crippen MR) is 89.0 cm³/mol. The molecule has 0 amide bonds. The molecule has 3 heterocycles. The van der Waals surface area contributed by atoms with E-state index in [4.69, 9.17) is 16.6 Å². The molecule has 1 N–H and O–H groups in total. The van der Waals surface area contributed by atoms with Crippen LogP contribution in [0.3, 0.4) is 0 Å². The summed E-state index contributed by atoms with van der Waals surface area (Å²) in [6.45, 7) is 3.08. The molecule has 0 spiro atoms. The summed E-state index contributed by atoms with van der Waals surface area (Å²) in [5, 5.41) is 4.15. The van der Waals surface area contributed by atoms with Crippen molar-refractivity contribution in [3.63, 3.8) is 0 Å². The zero-order valence-electron chi connectivity index (χ0n) is 12.2. The summed E-state index contributed by atoms with van der Waals surface area (Å²) in [5.41, 5.74) is 2.92. The molecule has 22 heavy (non-hydrogen) atoms. The molecule has 1 saturated heterocycles. The second kappa shape index (κ2) is 5.71. The third-order valence-electron chi connectivity index (χ3n) is 4.19. The van der Waals surface area contributed by atoms with Crippen LogP contribution in [0.15, 0.2) is 42.6 Å². The first-order chi connectivity index (χ1) is 10.8. The van der Waals surface area contributed by atoms with E-state index >= 15 is 0 Å². The lowest BCUT2D eigenvalue weighted by atomic mass is 10.1. The Morgan fingerprint density at radius 2 is 2.23 bits per heavy atom. The normalized spacial score (nSPS) is 18.1. The van der Waals surface area contributed by atoms with Crippen LogP contribution in [0.1, 0.15) is 6.42 Å². The Labute approximate surface area is 134 Å². The van der Waals surface area contributed by atoms with Gasteiger partial charge in [0.2, 0.25) is 0 Å². The maximum Gasteiger partial charge on any atom is 0.160 e. The molecule has 5 heteroatoms. The van der Waals surface area contributed by atoms with E-state index in [1.807, 2.05) is 36.5 Å². The number of imidazole rings is 1. The molecule has 0 radical (unpaired) electrons. The third kappa shape index (κ3) is 2.49. The highest BCUT2D eigenvalue weighted by Gasteiger charge is 2.20. The molecule has 4 rings (SSSR count). The van der Waals surface area contributed by atoms with Crippen molar-refractivity contribution in [3.8, 4) is 11.4 Å². The minimum absolute atomic E-state index is 0.623. The predicted octanol–water partition coefficient (Wildman–Crippen LogP) is 3.36. The number of hydrogen-bond acceptors (Lipinski definition) is 3. The molecular weight excluding hydrogens is 296 g/mol. The molecule has 0 saturated carbocycles. The lowest BCUT2D eigenvalue weighted by Crippen LogP contribution is -2.15. The van der Waals surface area contributed by atoms with Crippen molar-refractivity contribution >= 4 is 22.8 Å². The lowest BCUT2D eigenvalue weighted by Gasteiger charge is -2.13. The molecular formula is C17H17ClN4. The monoisotopic (exact) mass is 312 g/mol. The fraction of sp³-hybridized carbons (Fsp3) is 0.294. The summed E-state index contributed by atoms with van der Waals surface area (Å²) in [6, 6.07) is 11.8. The van der Waals surface area contributed by atoms with Gasteiger partial charge in [-0.05, 0) is 49.7 Å². The first kappa shape index (κ1) is 13.7. The van der Waals surface area contributed by atoms with Gasteiger partial charge >= 0.3 is 0 Å². The quantitative estimate of drug-likeness (QED) is 0.806. The van der Waals surface area contributed by atoms with Crippen LogP contribution in [0.25, 0.3) is 22.6 Å². The van der Waals surface area contributed by atoms with Gasteiger partial charge in [0.25, 0.3) is 0 Å². The van der Waals surface area contributed by atoms with E-state index in [0.717, 1.165) is 47.2 Å². The van der Waals surface area contributed by atoms with Gasteiger partial charge < -0.3 is 9.88 Å². The number of benzene rings is 1. The van der Waals surface area contributed by atoms with Crippen molar-refractivity contribution in [2.24, 2.45) is 5.92 Å². The molecule has 2 aromatic heterocycles. The average Bonchev–Trinajstić information content (AvgIpc) is 3.16. The molecule has 1 atom stereocenters. The molecule has 0 bridgehead atoms. The minimum atomic E-state index is 0.623. The fourth-order valence-electron chi connectivity index (χ4n) is 3.11. The third-order valence-corrected chi connectivity index (χ3v) is 4.42. The number of pyridine rings is 1. The van der Waals surface area contributed by atoms with E-state index in [1.165, 1.54) is 6.42 Å². The number of halogens is 1. The van der Waals surface area contributed by atoms with Crippen molar-refractivity contribution in [1.29, 1.82) is 0 Å². The zero-order chi connectivity index (χ0) is 14.9. The van der Waals surface area contributed by atoms with E-state index in [0.29, 0.717) is 5.92 Å². The van der Waals surface area contributed by atoms with Gasteiger partial charge in [0, 0.05) is 23.3 Å². The first-order valence-electron chi connectivity index (χ1n) is 7.59. The van der Waals surface area contributed by atoms with Crippen molar-refractivity contribution in [2.75, 3.05) is 13.1 Å². The molecule has 112 valence electrons. The summed E-state index contributed by atoms with van der Waals surface area (Å²) < 4.78 is 2.23. The van der Waals surface area contributed by atoms with Crippen LogP contribution in [0.5, 0.6) is 0 Å². The standard InChI is InChI=1S/C17H17ClN4/c18-14-4-1-3-13(9-14)16-21-15-5-2-7-20-17(15)22(16)11-12-6-8-19-10-12/h1-5,7,9,12,19H,6,8,10-11H2. The topological polar surface area (TPSA) is 42.7 Å². The van der Waals surface area contributed by atoms with Gasteiger partial charge in [0.05, 0.1) is 0 Å². The Morgan fingerprint density at radius 1 is 1.27 bits per heavy atom. The Hall–Kier alpha value is -1.91. The highest BCUT2D eigenvalue weighted by molar-refractivity contribution is 6.30. The number of aromatic nitrogens is 3. The molecule has 1 aromatic carbocycles. The van der Waals surface area contributed by atoms with E-state index in [2.05, 4.69) is 20.9 Å². The summed E-state index contributed by atoms with van der Waals surface area (Å²) in [4.78, 5) is 9.33. The molecule has 1 fully saturated rings. The van der Waals surface area contributed by atoms with Crippen LogP contribution in [-0.2, 0) is 6.54 Å². The van der Waals surface area contributed by atoms with Gasteiger partial charge in [-0.15, -0.1) is 0 Å². The summed E-state index contributed by atoms with van der Waals surface area (Å²) in [6.07, 6.45) is 3.02. The van der Waals surface area contributed by atoms with Crippen LogP contribution in [0.4, 0.5) is 0 Å². The zero-order valence-corrected chi connectivity index (χ0v) is 12.9. The van der Waals surface area contributed by atoms with Gasteiger partial charge in [-0.2, -0.15) is 0 Å². The molecule has 1 unspecified atom stereocenters. The van der Waals surface area contributed by atoms with E-state index in [-0.39, 0.29) is 0 Å². The number of fused-ring (bicyclic) bond motifs is 1. The van der Waals surface area contributed by atoms with Crippen molar-refractivity contribution < 1.29 is 0 Å². The van der Waals surface area contributed by atoms with Gasteiger partial charge in [0.1, 0.15) is 11.3 Å². The Bertz CT molecular complexity index is 805. The minimum Gasteiger partial charge on any atom is -0.316 e. The van der Waals surface area contributed by atoms with E-state index in [9.17, 15) is 0 Å². The van der Waals surface area contributed by atoms with Crippen LogP contribution < -0.4 is 5.32 Å². The highest BCUT2D eigenvalue weighted by Crippen LogP contribution is 2.27. The summed E-state index contributed by atoms with van der Waals surface area (Å²) >= 11 is 6.15. The fourth-order valence-corrected chi connectivity index (χ4v) is 3.30. The largest absolute Gasteiger partial charge is 0.316 e. The number of rotatable bonds is 3. The van der Waals surface area contributed by atoms with Crippen LogP contribution in [0.2, 0.25) is 5.02 Å². The van der Waals surface area contributed by atoms with E-state index in [1.54, 1.807) is 0 Å². The maximum absolute atomic E-state index is 6.15. The van der Waals surface area contributed by atoms with Crippen molar-refractivity contribution in [3.05, 3.63) is 47.6 Å². The Morgan fingerprint density at radius 3 is 3.05 bits per heavy atom. The van der Waals surface area contributed by atoms with Crippen molar-refractivity contribution in [2.45, 2.75) is 13.0 Å². The Kier molecular flexibility index (Phi) is 3.56. The number of nitrogens with zero attached hydrogens (tertiary/aromatic N) is 3. The second-order valence-corrected chi connectivity index (χ2v) is 6.20. The molecule has 1 aliphatic heterocycles. The molecule has 0 aliphatic carbocycles. The summed E-state index contributed by atoms with van der Waals surface area (Å²) in [7, 11) is 0. The van der Waals surface area contributed by atoms with E-state index < -0.39 is 0 Å². The lowest BCUT2D eigenvalue weighted by molar-refractivity contribution is 0.490. The van der Waals surface area contributed by atoms with Crippen LogP contribution in [-0.4, -0.2) is 27.6 Å². The van der Waals surface area contributed by atoms with Crippen LogP contribution in [0, 0.1) is 5.92 Å². The molecule has 3 aromatic rings. The van der Waals surface area contributed by atoms with Crippen molar-refractivity contribution in [1.82, 2.24) is 19.9 Å². The summed E-state index contributed by atoms with van der Waals surface area (Å²) in [5.74, 6) is 1.57. The number of hydrogen-bond donors (Lipinski definition) is 1. The average molecular weight is 313 g/mol.